The second-order valence-electron chi connectivity index (χ2n) is 4.36. The van der Waals surface area contributed by atoms with Gasteiger partial charge in [-0.15, -0.1) is 0 Å². The summed E-state index contributed by atoms with van der Waals surface area (Å²) in [5.74, 6) is 1.05. The number of ketones is 1. The highest BCUT2D eigenvalue weighted by molar-refractivity contribution is 5.95. The molecule has 0 spiro atoms. The van der Waals surface area contributed by atoms with Crippen molar-refractivity contribution in [1.29, 1.82) is 5.26 Å². The molecule has 114 valence electrons. The molecule has 5 nitrogen and oxygen atoms in total. The van der Waals surface area contributed by atoms with Crippen LogP contribution in [-0.2, 0) is 6.54 Å². The van der Waals surface area contributed by atoms with Crippen LogP contribution >= 0.6 is 0 Å². The molecule has 0 aliphatic rings. The molecule has 0 radical (unpaired) electrons. The molecule has 2 rings (SSSR count). The number of aromatic nitrogens is 1. The maximum Gasteiger partial charge on any atom is 0.227 e. The molecule has 1 aromatic carbocycles. The highest BCUT2D eigenvalue weighted by Gasteiger charge is 2.15. The Hall–Kier alpha value is -2.39. The van der Waals surface area contributed by atoms with E-state index < -0.39 is 0 Å². The van der Waals surface area contributed by atoms with E-state index in [4.69, 9.17) is 14.7 Å². The Balaban J connectivity index is 0.00000242. The Morgan fingerprint density at radius 2 is 1.77 bits per heavy atom. The Morgan fingerprint density at radius 1 is 1.14 bits per heavy atom. The molecule has 0 atom stereocenters. The van der Waals surface area contributed by atoms with Gasteiger partial charge in [0.2, 0.25) is 12.3 Å². The number of Topliss-reactive ketones (excluding diaryl/α,β-unsaturated/α-hetero) is 1. The monoisotopic (exact) mass is 362 g/mol. The number of carbonyl (C=O) groups excluding carboxylic acids is 1. The van der Waals surface area contributed by atoms with E-state index in [9.17, 15) is 4.79 Å². The molecule has 6 heteroatoms. The maximum absolute atomic E-state index is 12.3. The Morgan fingerprint density at radius 3 is 2.32 bits per heavy atom. The van der Waals surface area contributed by atoms with Gasteiger partial charge in [0.05, 0.1) is 25.9 Å². The maximum atomic E-state index is 12.3. The number of nitriles is 1. The van der Waals surface area contributed by atoms with Gasteiger partial charge < -0.3 is 26.5 Å². The van der Waals surface area contributed by atoms with Crippen molar-refractivity contribution >= 4 is 5.78 Å². The molecule has 0 bridgehead atoms. The number of pyridine rings is 1. The zero-order chi connectivity index (χ0) is 15.2. The van der Waals surface area contributed by atoms with E-state index in [0.717, 1.165) is 0 Å². The van der Waals surface area contributed by atoms with E-state index in [1.54, 1.807) is 54.4 Å². The molecule has 0 aliphatic carbocycles. The fourth-order valence-corrected chi connectivity index (χ4v) is 1.90. The lowest BCUT2D eigenvalue weighted by Crippen LogP contribution is -3.00. The van der Waals surface area contributed by atoms with Gasteiger partial charge in [-0.05, 0) is 18.2 Å². The van der Waals surface area contributed by atoms with Crippen LogP contribution < -0.4 is 31.0 Å². The summed E-state index contributed by atoms with van der Waals surface area (Å²) in [5.41, 5.74) is 1.11. The van der Waals surface area contributed by atoms with E-state index >= 15 is 0 Å². The zero-order valence-electron chi connectivity index (χ0n) is 12.2. The van der Waals surface area contributed by atoms with Gasteiger partial charge in [-0.1, -0.05) is 0 Å². The third-order valence-corrected chi connectivity index (χ3v) is 3.05. The van der Waals surface area contributed by atoms with Crippen LogP contribution in [0.5, 0.6) is 11.5 Å². The van der Waals surface area contributed by atoms with Crippen LogP contribution in [0.4, 0.5) is 0 Å². The van der Waals surface area contributed by atoms with Crippen molar-refractivity contribution in [2.75, 3.05) is 14.2 Å². The third-order valence-electron chi connectivity index (χ3n) is 3.05. The number of methoxy groups -OCH3 is 2. The standard InChI is InChI=1S/C16H15N2O3.BrH/c1-20-15-4-3-13(9-16(15)21-2)14(19)11-18-7-5-12(10-17)6-8-18;/h3-9H,11H2,1-2H3;1H/q+1;/p-1. The van der Waals surface area contributed by atoms with Crippen LogP contribution in [-0.4, -0.2) is 20.0 Å². The van der Waals surface area contributed by atoms with Gasteiger partial charge in [0.15, 0.2) is 23.9 Å². The summed E-state index contributed by atoms with van der Waals surface area (Å²) >= 11 is 0. The van der Waals surface area contributed by atoms with Crippen molar-refractivity contribution in [3.8, 4) is 17.6 Å². The summed E-state index contributed by atoms with van der Waals surface area (Å²) in [6.07, 6.45) is 3.41. The molecule has 0 aliphatic heterocycles. The van der Waals surface area contributed by atoms with E-state index in [1.807, 2.05) is 6.07 Å². The summed E-state index contributed by atoms with van der Waals surface area (Å²) in [5, 5.41) is 8.74. The van der Waals surface area contributed by atoms with Crippen molar-refractivity contribution in [2.24, 2.45) is 0 Å². The van der Waals surface area contributed by atoms with Crippen LogP contribution in [0.25, 0.3) is 0 Å². The number of nitrogens with zero attached hydrogens (tertiary/aromatic N) is 2. The van der Waals surface area contributed by atoms with Crippen molar-refractivity contribution < 1.29 is 35.8 Å². The van der Waals surface area contributed by atoms with Crippen LogP contribution in [0.2, 0.25) is 0 Å². The molecule has 0 unspecified atom stereocenters. The molecular weight excluding hydrogens is 348 g/mol. The molecule has 0 N–H and O–H groups in total. The molecular formula is C16H15BrN2O3. The van der Waals surface area contributed by atoms with Gasteiger partial charge in [-0.25, -0.2) is 0 Å². The predicted octanol–water partition coefficient (Wildman–Crippen LogP) is -1.25. The number of hydrogen-bond acceptors (Lipinski definition) is 4. The summed E-state index contributed by atoms with van der Waals surface area (Å²) in [7, 11) is 3.08. The minimum absolute atomic E-state index is 0. The van der Waals surface area contributed by atoms with Crippen LogP contribution in [0.3, 0.4) is 0 Å². The lowest BCUT2D eigenvalue weighted by atomic mass is 10.1. The van der Waals surface area contributed by atoms with E-state index in [2.05, 4.69) is 0 Å². The first kappa shape index (κ1) is 17.7. The number of ether oxygens (including phenoxy) is 2. The summed E-state index contributed by atoms with van der Waals surface area (Å²) in [6, 6.07) is 10.4. The van der Waals surface area contributed by atoms with Crippen molar-refractivity contribution in [3.05, 3.63) is 53.9 Å². The molecule has 1 aromatic heterocycles. The zero-order valence-corrected chi connectivity index (χ0v) is 13.8. The fourth-order valence-electron chi connectivity index (χ4n) is 1.90. The average molecular weight is 363 g/mol. The molecule has 22 heavy (non-hydrogen) atoms. The van der Waals surface area contributed by atoms with Crippen LogP contribution in [0.15, 0.2) is 42.7 Å². The van der Waals surface area contributed by atoms with Gasteiger partial charge in [0.1, 0.15) is 0 Å². The first-order chi connectivity index (χ1) is 10.2. The van der Waals surface area contributed by atoms with E-state index in [-0.39, 0.29) is 29.3 Å². The van der Waals surface area contributed by atoms with Gasteiger partial charge in [-0.2, -0.15) is 9.83 Å². The molecule has 0 saturated carbocycles. The average Bonchev–Trinajstić information content (AvgIpc) is 2.54. The molecule has 0 fully saturated rings. The Kier molecular flexibility index (Phi) is 6.54. The Labute approximate surface area is 139 Å². The second kappa shape index (κ2) is 8.15. The molecule has 2 aromatic rings. The van der Waals surface area contributed by atoms with Crippen molar-refractivity contribution in [1.82, 2.24) is 0 Å². The number of benzene rings is 1. The quantitative estimate of drug-likeness (QED) is 0.492. The minimum Gasteiger partial charge on any atom is -1.00 e. The third kappa shape index (κ3) is 4.06. The normalized spacial score (nSPS) is 9.32. The lowest BCUT2D eigenvalue weighted by Gasteiger charge is -2.08. The first-order valence-corrected chi connectivity index (χ1v) is 6.32. The van der Waals surface area contributed by atoms with Crippen molar-refractivity contribution in [3.63, 3.8) is 0 Å². The minimum atomic E-state index is -0.0503. The number of rotatable bonds is 5. The second-order valence-corrected chi connectivity index (χ2v) is 4.36. The van der Waals surface area contributed by atoms with Gasteiger partial charge in [0.25, 0.3) is 0 Å². The number of carbonyl (C=O) groups is 1. The molecule has 0 saturated heterocycles. The first-order valence-electron chi connectivity index (χ1n) is 6.32. The smallest absolute Gasteiger partial charge is 0.227 e. The lowest BCUT2D eigenvalue weighted by molar-refractivity contribution is -0.683. The van der Waals surface area contributed by atoms with Crippen LogP contribution in [0, 0.1) is 11.3 Å². The van der Waals surface area contributed by atoms with E-state index in [0.29, 0.717) is 22.6 Å². The predicted molar refractivity (Wildman–Crippen MR) is 75.2 cm³/mol. The molecule has 0 amide bonds. The SMILES string of the molecule is COc1ccc(C(=O)C[n+]2ccc(C#N)cc2)cc1OC.[Br-]. The summed E-state index contributed by atoms with van der Waals surface area (Å²) in [6.45, 7) is 0.196. The molecule has 1 heterocycles. The van der Waals surface area contributed by atoms with Gasteiger partial charge >= 0.3 is 0 Å². The van der Waals surface area contributed by atoms with Crippen LogP contribution in [0.1, 0.15) is 15.9 Å². The largest absolute Gasteiger partial charge is 1.00 e. The van der Waals surface area contributed by atoms with E-state index in [1.165, 1.54) is 7.11 Å². The Bertz CT molecular complexity index is 694. The highest BCUT2D eigenvalue weighted by Crippen LogP contribution is 2.27. The summed E-state index contributed by atoms with van der Waals surface area (Å²) in [4.78, 5) is 12.3. The fraction of sp³-hybridized carbons (Fsp3) is 0.188. The summed E-state index contributed by atoms with van der Waals surface area (Å²) < 4.78 is 12.1. The van der Waals surface area contributed by atoms with Crippen molar-refractivity contribution in [2.45, 2.75) is 6.54 Å². The highest BCUT2D eigenvalue weighted by atomic mass is 79.9. The van der Waals surface area contributed by atoms with Gasteiger partial charge in [0, 0.05) is 17.7 Å². The van der Waals surface area contributed by atoms with Gasteiger partial charge in [-0.3, -0.25) is 4.79 Å². The number of halogens is 1. The topological polar surface area (TPSA) is 63.2 Å². The number of hydrogen-bond donors (Lipinski definition) is 0.